The molecule has 0 bridgehead atoms. The number of morpholine rings is 1. The Balaban J connectivity index is -0.0000000786. The molecule has 3 aliphatic rings. The second kappa shape index (κ2) is 43.9. The third-order valence-electron chi connectivity index (χ3n) is 5.63. The van der Waals surface area contributed by atoms with Crippen LogP contribution in [0.4, 0.5) is 0 Å². The number of likely N-dealkylation sites (tertiary alicyclic amines) is 2. The van der Waals surface area contributed by atoms with Crippen LogP contribution >= 0.6 is 61.1 Å². The van der Waals surface area contributed by atoms with Crippen molar-refractivity contribution in [3.8, 4) is 0 Å². The van der Waals surface area contributed by atoms with E-state index in [9.17, 15) is 0 Å². The van der Waals surface area contributed by atoms with Gasteiger partial charge in [0, 0.05) is 66.5 Å². The van der Waals surface area contributed by atoms with Gasteiger partial charge in [0.1, 0.15) is 0 Å². The molecule has 0 aromatic heterocycles. The summed E-state index contributed by atoms with van der Waals surface area (Å²) in [6.07, 6.45) is 6.38. The van der Waals surface area contributed by atoms with E-state index in [-0.39, 0.29) is 148 Å². The average Bonchev–Trinajstić information content (AvgIpc) is 3.47. The molecule has 6 nitrogen and oxygen atoms in total. The van der Waals surface area contributed by atoms with Crippen LogP contribution in [-0.4, -0.2) is 126 Å². The fourth-order valence-corrected chi connectivity index (χ4v) is 4.82. The zero-order chi connectivity index (χ0) is 31.1. The Morgan fingerprint density at radius 2 is 0.800 bits per heavy atom. The Bertz CT molecular complexity index is 720. The van der Waals surface area contributed by atoms with E-state index in [0.29, 0.717) is 21.6 Å². The quantitative estimate of drug-likeness (QED) is 0.150. The van der Waals surface area contributed by atoms with Gasteiger partial charge in [0.05, 0.1) is 13.2 Å². The molecule has 0 radical (unpaired) electrons. The van der Waals surface area contributed by atoms with Crippen molar-refractivity contribution < 1.29 is 153 Å². The predicted molar refractivity (Wildman–Crippen MR) is 205 cm³/mol. The van der Waals surface area contributed by atoms with Crippen LogP contribution in [0.25, 0.3) is 0 Å². The van der Waals surface area contributed by atoms with Gasteiger partial charge in [0.25, 0.3) is 0 Å². The van der Waals surface area contributed by atoms with Gasteiger partial charge in [-0.25, -0.2) is 0 Å². The van der Waals surface area contributed by atoms with Gasteiger partial charge in [-0.1, -0.05) is 21.6 Å². The summed E-state index contributed by atoms with van der Waals surface area (Å²) in [5.41, 5.74) is 0. The number of ether oxygens (including phenoxy) is 1. The van der Waals surface area contributed by atoms with Gasteiger partial charge in [-0.2, -0.15) is 0 Å². The molecule has 0 aromatic rings. The number of hydrogen-bond acceptors (Lipinski definition) is 11. The minimum absolute atomic E-state index is 0. The molecular weight excluding hydrogens is 810 g/mol. The SMILES string of the molecule is CCN(CC)C(=S)[S-].CN(C)C(=S)[S-].S=C([S-])N1CCCC1.S=C([S-])N1CCCCC1.S=C([S-])N1CCOCC1.[Na+].[Na+].[Na+].[Na+].[Na+]. The third-order valence-corrected chi connectivity index (χ3v) is 8.43. The molecule has 45 heavy (non-hydrogen) atoms. The molecule has 0 saturated carbocycles. The Morgan fingerprint density at radius 1 is 0.533 bits per heavy atom. The van der Waals surface area contributed by atoms with Crippen molar-refractivity contribution in [1.29, 1.82) is 0 Å². The van der Waals surface area contributed by atoms with E-state index in [0.717, 1.165) is 65.6 Å². The number of piperidine rings is 1. The Morgan fingerprint density at radius 3 is 0.956 bits per heavy atom. The number of thiocarbonyl (C=S) groups is 5. The van der Waals surface area contributed by atoms with Crippen LogP contribution < -0.4 is 148 Å². The van der Waals surface area contributed by atoms with E-state index in [1.54, 1.807) is 4.90 Å². The molecule has 0 unspecified atom stereocenters. The topological polar surface area (TPSA) is 25.4 Å². The summed E-state index contributed by atoms with van der Waals surface area (Å²) >= 11 is 47.5. The van der Waals surface area contributed by atoms with E-state index in [1.807, 2.05) is 37.7 Å². The molecule has 3 rings (SSSR count). The van der Waals surface area contributed by atoms with Gasteiger partial charge in [-0.3, -0.25) is 0 Å². The molecule has 0 amide bonds. The minimum Gasteiger partial charge on any atom is -0.411 e. The van der Waals surface area contributed by atoms with Crippen molar-refractivity contribution in [2.24, 2.45) is 0 Å². The van der Waals surface area contributed by atoms with Crippen LogP contribution in [0.1, 0.15) is 46.0 Å². The summed E-state index contributed by atoms with van der Waals surface area (Å²) in [5.74, 6) is 0. The first-order valence-corrected chi connectivity index (χ1v) is 17.2. The van der Waals surface area contributed by atoms with Crippen molar-refractivity contribution in [3.05, 3.63) is 0 Å². The van der Waals surface area contributed by atoms with Crippen LogP contribution in [0.5, 0.6) is 0 Å². The zero-order valence-electron chi connectivity index (χ0n) is 28.8. The molecular formula is C24H42N5Na5OS10. The molecule has 3 heterocycles. The van der Waals surface area contributed by atoms with Crippen LogP contribution in [0, 0.1) is 0 Å². The maximum absolute atomic E-state index is 5.10. The second-order valence-corrected chi connectivity index (χ2v) is 13.9. The first kappa shape index (κ1) is 65.4. The van der Waals surface area contributed by atoms with E-state index in [4.69, 9.17) is 104 Å². The summed E-state index contributed by atoms with van der Waals surface area (Å²) in [7, 11) is 3.66. The molecule has 21 heteroatoms. The number of rotatable bonds is 2. The van der Waals surface area contributed by atoms with Crippen LogP contribution in [-0.2, 0) is 67.9 Å². The van der Waals surface area contributed by atoms with Gasteiger partial charge in [-0.05, 0) is 46.0 Å². The normalized spacial score (nSPS) is 13.9. The Hall–Kier alpha value is 5.51. The second-order valence-electron chi connectivity index (χ2n) is 8.74. The molecule has 0 spiro atoms. The van der Waals surface area contributed by atoms with E-state index in [1.165, 1.54) is 32.1 Å². The monoisotopic (exact) mass is 851 g/mol. The zero-order valence-corrected chi connectivity index (χ0v) is 47.0. The summed E-state index contributed by atoms with van der Waals surface area (Å²) in [5, 5.41) is 0. The third kappa shape index (κ3) is 40.5. The summed E-state index contributed by atoms with van der Waals surface area (Å²) < 4.78 is 8.05. The summed E-state index contributed by atoms with van der Waals surface area (Å²) in [6, 6.07) is 0. The molecule has 0 aliphatic carbocycles. The standard InChI is InChI=1S/C6H11NS2.C5H9NOS2.C5H9NS2.C5H11NS2.C3H7NS2.5Na/c8-6(9)7-4-2-1-3-5-7;8-5(9)6-1-3-7-4-2-6;7-5(8)6-3-1-2-4-6;1-3-6(4-2)5(7)8;1-4(2)3(5)6;;;;;/h1-5H2,(H,8,9);1-4H2,(H,8,9);1-4H2,(H,7,8);3-4H2,1-2H3,(H,7,8);1-2H3,(H,5,6);;;;;/q;;;;;5*+1/p-5. The summed E-state index contributed by atoms with van der Waals surface area (Å²) in [4.78, 5) is 9.84. The Labute approximate surface area is 440 Å². The Kier molecular flexibility index (Phi) is 63.8. The van der Waals surface area contributed by atoms with Crippen LogP contribution in [0.3, 0.4) is 0 Å². The smallest absolute Gasteiger partial charge is 0.411 e. The maximum atomic E-state index is 5.10. The van der Waals surface area contributed by atoms with E-state index < -0.39 is 0 Å². The van der Waals surface area contributed by atoms with Crippen molar-refractivity contribution in [1.82, 2.24) is 24.5 Å². The predicted octanol–water partition coefficient (Wildman–Crippen LogP) is -11.1. The molecule has 234 valence electrons. The van der Waals surface area contributed by atoms with Gasteiger partial charge in [-0.15, -0.1) is 0 Å². The largest absolute Gasteiger partial charge is 1.00 e. The number of nitrogens with zero attached hydrogens (tertiary/aromatic N) is 5. The fraction of sp³-hybridized carbons (Fsp3) is 0.792. The molecule has 0 atom stereocenters. The molecule has 3 aliphatic heterocycles. The average molecular weight is 852 g/mol. The van der Waals surface area contributed by atoms with E-state index in [2.05, 4.69) is 34.6 Å². The van der Waals surface area contributed by atoms with Crippen molar-refractivity contribution in [2.45, 2.75) is 46.0 Å². The molecule has 3 saturated heterocycles. The van der Waals surface area contributed by atoms with Gasteiger partial charge >= 0.3 is 148 Å². The summed E-state index contributed by atoms with van der Waals surface area (Å²) in [6.45, 7) is 13.5. The van der Waals surface area contributed by atoms with Gasteiger partial charge < -0.3 is 153 Å². The maximum Gasteiger partial charge on any atom is 1.00 e. The van der Waals surface area contributed by atoms with Crippen LogP contribution in [0.15, 0.2) is 0 Å². The number of hydrogen-bond donors (Lipinski definition) is 0. The van der Waals surface area contributed by atoms with Crippen molar-refractivity contribution in [2.75, 3.05) is 79.7 Å². The van der Waals surface area contributed by atoms with Gasteiger partial charge in [0.2, 0.25) is 0 Å². The van der Waals surface area contributed by atoms with Crippen LogP contribution in [0.2, 0.25) is 0 Å². The van der Waals surface area contributed by atoms with Crippen molar-refractivity contribution >= 4 is 146 Å². The van der Waals surface area contributed by atoms with Crippen molar-refractivity contribution in [3.63, 3.8) is 0 Å². The first-order valence-electron chi connectivity index (χ1n) is 13.1. The fourth-order valence-electron chi connectivity index (χ4n) is 3.20. The molecule has 0 N–H and O–H groups in total. The van der Waals surface area contributed by atoms with E-state index >= 15 is 0 Å². The minimum atomic E-state index is 0. The molecule has 0 aromatic carbocycles. The van der Waals surface area contributed by atoms with Gasteiger partial charge in [0.15, 0.2) is 0 Å². The molecule has 3 fully saturated rings. The first-order chi connectivity index (χ1) is 18.8.